The van der Waals surface area contributed by atoms with E-state index < -0.39 is 0 Å². The molecule has 0 aromatic carbocycles. The Bertz CT molecular complexity index is 138. The van der Waals surface area contributed by atoms with Gasteiger partial charge < -0.3 is 0 Å². The monoisotopic (exact) mass is 112 g/mol. The highest BCUT2D eigenvalue weighted by Crippen LogP contribution is 1.97. The van der Waals surface area contributed by atoms with Crippen molar-refractivity contribution in [3.8, 4) is 0 Å². The number of nitrogens with zero attached hydrogens (tertiary/aromatic N) is 1. The van der Waals surface area contributed by atoms with E-state index in [1.165, 1.54) is 0 Å². The van der Waals surface area contributed by atoms with Gasteiger partial charge >= 0.3 is 0 Å². The lowest BCUT2D eigenvalue weighted by Gasteiger charge is -1.78. The molecule has 0 fully saturated rings. The van der Waals surface area contributed by atoms with Crippen LogP contribution in [-0.2, 0) is 0 Å². The van der Waals surface area contributed by atoms with Crippen LogP contribution in [0.4, 0.5) is 0 Å². The average Bonchev–Trinajstić information content (AvgIpc) is 1.69. The number of aromatic nitrogens is 1. The summed E-state index contributed by atoms with van der Waals surface area (Å²) in [6.45, 7) is 0. The zero-order valence-electron chi connectivity index (χ0n) is 3.56. The molecule has 1 nitrogen and oxygen atoms in total. The SMILES string of the molecule is Clc1ccc[c]n1. The Morgan fingerprint density at radius 2 is 2.57 bits per heavy atom. The van der Waals surface area contributed by atoms with Gasteiger partial charge in [0.15, 0.2) is 0 Å². The molecule has 0 aliphatic rings. The second kappa shape index (κ2) is 1.94. The molecule has 0 atom stereocenters. The zero-order valence-corrected chi connectivity index (χ0v) is 4.31. The number of pyridine rings is 1. The van der Waals surface area contributed by atoms with Gasteiger partial charge in [0.2, 0.25) is 0 Å². The van der Waals surface area contributed by atoms with Gasteiger partial charge in [-0.15, -0.1) is 0 Å². The van der Waals surface area contributed by atoms with Gasteiger partial charge in [0.25, 0.3) is 0 Å². The van der Waals surface area contributed by atoms with Gasteiger partial charge in [-0.2, -0.15) is 0 Å². The maximum Gasteiger partial charge on any atom is 0.129 e. The summed E-state index contributed by atoms with van der Waals surface area (Å²) in [5.41, 5.74) is 0. The summed E-state index contributed by atoms with van der Waals surface area (Å²) in [5, 5.41) is 0.488. The van der Waals surface area contributed by atoms with Crippen molar-refractivity contribution in [2.24, 2.45) is 0 Å². The molecule has 1 radical (unpaired) electrons. The fraction of sp³-hybridized carbons (Fsp3) is 0. The van der Waals surface area contributed by atoms with Crippen LogP contribution in [-0.4, -0.2) is 4.98 Å². The van der Waals surface area contributed by atoms with E-state index in [2.05, 4.69) is 11.2 Å². The topological polar surface area (TPSA) is 12.9 Å². The normalized spacial score (nSPS) is 8.71. The minimum Gasteiger partial charge on any atom is -0.234 e. The zero-order chi connectivity index (χ0) is 5.11. The van der Waals surface area contributed by atoms with Crippen molar-refractivity contribution < 1.29 is 0 Å². The molecule has 0 unspecified atom stereocenters. The van der Waals surface area contributed by atoms with Crippen molar-refractivity contribution in [3.05, 3.63) is 29.5 Å². The number of rotatable bonds is 0. The summed E-state index contributed by atoms with van der Waals surface area (Å²) in [4.78, 5) is 3.62. The van der Waals surface area contributed by atoms with E-state index in [1.54, 1.807) is 18.2 Å². The van der Waals surface area contributed by atoms with E-state index in [1.807, 2.05) is 0 Å². The Kier molecular flexibility index (Phi) is 1.27. The van der Waals surface area contributed by atoms with Crippen molar-refractivity contribution in [3.63, 3.8) is 0 Å². The van der Waals surface area contributed by atoms with Crippen molar-refractivity contribution in [1.29, 1.82) is 0 Å². The van der Waals surface area contributed by atoms with Crippen molar-refractivity contribution >= 4 is 11.6 Å². The van der Waals surface area contributed by atoms with Crippen LogP contribution in [0.5, 0.6) is 0 Å². The third-order valence-corrected chi connectivity index (χ3v) is 0.786. The Labute approximate surface area is 47.0 Å². The van der Waals surface area contributed by atoms with Crippen LogP contribution >= 0.6 is 11.6 Å². The molecule has 0 N–H and O–H groups in total. The van der Waals surface area contributed by atoms with Gasteiger partial charge in [0.1, 0.15) is 5.15 Å². The summed E-state index contributed by atoms with van der Waals surface area (Å²) in [5.74, 6) is 0. The van der Waals surface area contributed by atoms with Crippen LogP contribution in [0.1, 0.15) is 0 Å². The molecule has 2 heteroatoms. The second-order valence-electron chi connectivity index (χ2n) is 1.09. The minimum atomic E-state index is 0.488. The Morgan fingerprint density at radius 1 is 1.71 bits per heavy atom. The van der Waals surface area contributed by atoms with E-state index in [4.69, 9.17) is 11.6 Å². The van der Waals surface area contributed by atoms with Gasteiger partial charge in [-0.05, 0) is 12.1 Å². The van der Waals surface area contributed by atoms with Crippen LogP contribution in [0.2, 0.25) is 5.15 Å². The minimum absolute atomic E-state index is 0.488. The summed E-state index contributed by atoms with van der Waals surface area (Å²) in [7, 11) is 0. The Balaban J connectivity index is 3.02. The molecule has 1 rings (SSSR count). The average molecular weight is 113 g/mol. The maximum absolute atomic E-state index is 5.40. The highest BCUT2D eigenvalue weighted by molar-refractivity contribution is 6.29. The van der Waals surface area contributed by atoms with Crippen molar-refractivity contribution in [1.82, 2.24) is 4.98 Å². The Hall–Kier alpha value is -0.560. The fourth-order valence-electron chi connectivity index (χ4n) is 0.307. The van der Waals surface area contributed by atoms with E-state index in [0.29, 0.717) is 5.15 Å². The van der Waals surface area contributed by atoms with E-state index >= 15 is 0 Å². The molecular weight excluding hydrogens is 110 g/mol. The summed E-state index contributed by atoms with van der Waals surface area (Å²) in [6, 6.07) is 5.19. The molecule has 1 aromatic heterocycles. The molecule has 0 saturated heterocycles. The first-order valence-corrected chi connectivity index (χ1v) is 2.26. The smallest absolute Gasteiger partial charge is 0.129 e. The predicted octanol–water partition coefficient (Wildman–Crippen LogP) is 1.54. The first-order valence-electron chi connectivity index (χ1n) is 1.88. The molecule has 0 saturated carbocycles. The first kappa shape index (κ1) is 4.60. The van der Waals surface area contributed by atoms with Crippen molar-refractivity contribution in [2.45, 2.75) is 0 Å². The van der Waals surface area contributed by atoms with Gasteiger partial charge in [0, 0.05) is 0 Å². The molecule has 0 amide bonds. The molecule has 0 bridgehead atoms. The highest BCUT2D eigenvalue weighted by Gasteiger charge is 1.77. The molecule has 1 heterocycles. The molecule has 0 aliphatic carbocycles. The highest BCUT2D eigenvalue weighted by atomic mass is 35.5. The lowest BCUT2D eigenvalue weighted by atomic mass is 10.5. The van der Waals surface area contributed by atoms with Gasteiger partial charge in [-0.3, -0.25) is 0 Å². The summed E-state index contributed by atoms with van der Waals surface area (Å²) >= 11 is 5.40. The number of hydrogen-bond donors (Lipinski definition) is 0. The van der Waals surface area contributed by atoms with E-state index in [9.17, 15) is 0 Å². The summed E-state index contributed by atoms with van der Waals surface area (Å²) < 4.78 is 0. The molecule has 35 valence electrons. The van der Waals surface area contributed by atoms with E-state index in [0.717, 1.165) is 0 Å². The van der Waals surface area contributed by atoms with E-state index in [-0.39, 0.29) is 0 Å². The van der Waals surface area contributed by atoms with Crippen molar-refractivity contribution in [2.75, 3.05) is 0 Å². The van der Waals surface area contributed by atoms with Crippen LogP contribution in [0.15, 0.2) is 18.2 Å². The molecule has 0 aliphatic heterocycles. The molecule has 7 heavy (non-hydrogen) atoms. The first-order chi connectivity index (χ1) is 3.39. The van der Waals surface area contributed by atoms with Gasteiger partial charge in [-0.1, -0.05) is 17.7 Å². The lowest BCUT2D eigenvalue weighted by molar-refractivity contribution is 1.31. The Morgan fingerprint density at radius 3 is 2.86 bits per heavy atom. The standard InChI is InChI=1S/C5H3ClN/c6-5-3-1-2-4-7-5/h1-3H. The molecule has 0 spiro atoms. The van der Waals surface area contributed by atoms with Crippen LogP contribution in [0.25, 0.3) is 0 Å². The third-order valence-electron chi connectivity index (χ3n) is 0.576. The van der Waals surface area contributed by atoms with Crippen LogP contribution in [0, 0.1) is 6.20 Å². The number of halogens is 1. The molecular formula is C5H3ClN. The third kappa shape index (κ3) is 1.16. The largest absolute Gasteiger partial charge is 0.234 e. The van der Waals surface area contributed by atoms with Crippen LogP contribution < -0.4 is 0 Å². The van der Waals surface area contributed by atoms with Crippen LogP contribution in [0.3, 0.4) is 0 Å². The lowest BCUT2D eigenvalue weighted by Crippen LogP contribution is -1.66. The maximum atomic E-state index is 5.40. The quantitative estimate of drug-likeness (QED) is 0.464. The fourth-order valence-corrected chi connectivity index (χ4v) is 0.428. The van der Waals surface area contributed by atoms with Gasteiger partial charge in [-0.25, -0.2) is 4.98 Å². The number of hydrogen-bond acceptors (Lipinski definition) is 1. The second-order valence-corrected chi connectivity index (χ2v) is 1.48. The van der Waals surface area contributed by atoms with Gasteiger partial charge in [0.05, 0.1) is 6.20 Å². The summed E-state index contributed by atoms with van der Waals surface area (Å²) in [6.07, 6.45) is 2.58. The predicted molar refractivity (Wildman–Crippen MR) is 28.1 cm³/mol. The molecule has 1 aromatic rings.